The zero-order chi connectivity index (χ0) is 18.4. The van der Waals surface area contributed by atoms with Crippen LogP contribution in [0.2, 0.25) is 0 Å². The number of hydrogen-bond donors (Lipinski definition) is 0. The van der Waals surface area contributed by atoms with Crippen molar-refractivity contribution in [2.24, 2.45) is 0 Å². The molecule has 0 spiro atoms. The maximum absolute atomic E-state index is 12.3. The van der Waals surface area contributed by atoms with Gasteiger partial charge >= 0.3 is 12.1 Å². The summed E-state index contributed by atoms with van der Waals surface area (Å²) in [5.41, 5.74) is 0.668. The van der Waals surface area contributed by atoms with Crippen LogP contribution in [-0.2, 0) is 14.3 Å². The van der Waals surface area contributed by atoms with E-state index in [1.165, 1.54) is 7.11 Å². The molecule has 6 nitrogen and oxygen atoms in total. The topological polar surface area (TPSA) is 65.1 Å². The molecule has 2 rings (SSSR count). The van der Waals surface area contributed by atoms with Gasteiger partial charge in [-0.1, -0.05) is 12.1 Å². The van der Waals surface area contributed by atoms with Crippen molar-refractivity contribution in [3.05, 3.63) is 29.8 Å². The minimum absolute atomic E-state index is 0.105. The fourth-order valence-corrected chi connectivity index (χ4v) is 2.78. The second-order valence-corrected chi connectivity index (χ2v) is 7.20. The number of ether oxygens (including phenoxy) is 3. The van der Waals surface area contributed by atoms with Gasteiger partial charge in [0.05, 0.1) is 7.11 Å². The lowest BCUT2D eigenvalue weighted by Gasteiger charge is -2.34. The molecule has 6 heteroatoms. The maximum Gasteiger partial charge on any atom is 0.410 e. The molecule has 1 aliphatic rings. The second-order valence-electron chi connectivity index (χ2n) is 7.20. The number of rotatable bonds is 4. The minimum Gasteiger partial charge on any atom is -0.482 e. The van der Waals surface area contributed by atoms with Gasteiger partial charge < -0.3 is 19.1 Å². The van der Waals surface area contributed by atoms with E-state index in [1.807, 2.05) is 45.0 Å². The number of carbonyl (C=O) groups excluding carboxylic acids is 2. The van der Waals surface area contributed by atoms with Gasteiger partial charge in [-0.05, 0) is 51.3 Å². The van der Waals surface area contributed by atoms with E-state index < -0.39 is 11.6 Å². The van der Waals surface area contributed by atoms with Crippen LogP contribution in [0.25, 0.3) is 0 Å². The van der Waals surface area contributed by atoms with Crippen molar-refractivity contribution in [1.29, 1.82) is 0 Å². The van der Waals surface area contributed by atoms with Gasteiger partial charge in [-0.15, -0.1) is 0 Å². The molecule has 1 atom stereocenters. The molecular weight excluding hydrogens is 322 g/mol. The first-order chi connectivity index (χ1) is 11.8. The number of carbonyl (C=O) groups is 2. The van der Waals surface area contributed by atoms with Crippen LogP contribution in [-0.4, -0.2) is 49.4 Å². The van der Waals surface area contributed by atoms with Gasteiger partial charge in [0.15, 0.2) is 6.61 Å². The Bertz CT molecular complexity index is 591. The van der Waals surface area contributed by atoms with Crippen LogP contribution < -0.4 is 4.74 Å². The van der Waals surface area contributed by atoms with Crippen molar-refractivity contribution in [3.63, 3.8) is 0 Å². The molecule has 0 N–H and O–H groups in total. The van der Waals surface area contributed by atoms with E-state index in [0.717, 1.165) is 24.9 Å². The molecule has 1 aliphatic heterocycles. The Morgan fingerprint density at radius 3 is 2.48 bits per heavy atom. The van der Waals surface area contributed by atoms with E-state index in [1.54, 1.807) is 4.90 Å². The fraction of sp³-hybridized carbons (Fsp3) is 0.579. The molecule has 1 amide bonds. The van der Waals surface area contributed by atoms with Gasteiger partial charge in [-0.25, -0.2) is 9.59 Å². The monoisotopic (exact) mass is 349 g/mol. The Morgan fingerprint density at radius 2 is 1.88 bits per heavy atom. The summed E-state index contributed by atoms with van der Waals surface area (Å²) >= 11 is 0. The van der Waals surface area contributed by atoms with E-state index in [9.17, 15) is 9.59 Å². The summed E-state index contributed by atoms with van der Waals surface area (Å²) < 4.78 is 15.4. The summed E-state index contributed by atoms with van der Waals surface area (Å²) in [7, 11) is 1.33. The summed E-state index contributed by atoms with van der Waals surface area (Å²) in [6.07, 6.45) is 1.72. The van der Waals surface area contributed by atoms with Crippen LogP contribution in [0.1, 0.15) is 45.1 Å². The molecule has 1 heterocycles. The Kier molecular flexibility index (Phi) is 6.28. The van der Waals surface area contributed by atoms with Crippen LogP contribution in [0, 0.1) is 0 Å². The normalized spacial score (nSPS) is 17.8. The quantitative estimate of drug-likeness (QED) is 0.780. The second kappa shape index (κ2) is 8.23. The van der Waals surface area contributed by atoms with E-state index in [4.69, 9.17) is 9.47 Å². The van der Waals surface area contributed by atoms with Crippen molar-refractivity contribution in [1.82, 2.24) is 4.90 Å². The number of likely N-dealkylation sites (tertiary alicyclic amines) is 1. The van der Waals surface area contributed by atoms with Gasteiger partial charge in [0.2, 0.25) is 0 Å². The van der Waals surface area contributed by atoms with Crippen LogP contribution in [0.5, 0.6) is 5.75 Å². The number of amides is 1. The lowest BCUT2D eigenvalue weighted by atomic mass is 9.91. The molecule has 0 aromatic heterocycles. The largest absolute Gasteiger partial charge is 0.482 e. The van der Waals surface area contributed by atoms with Crippen molar-refractivity contribution < 1.29 is 23.8 Å². The third kappa shape index (κ3) is 5.96. The number of esters is 1. The van der Waals surface area contributed by atoms with Gasteiger partial charge in [0.1, 0.15) is 11.4 Å². The molecule has 1 unspecified atom stereocenters. The standard InChI is InChI=1S/C19H27NO5/c1-19(2,3)25-18(22)20-11-5-6-15(12-20)14-7-9-16(10-8-14)24-13-17(21)23-4/h7-10,15H,5-6,11-13H2,1-4H3. The number of piperidine rings is 1. The first kappa shape index (κ1) is 19.1. The third-order valence-electron chi connectivity index (χ3n) is 4.01. The van der Waals surface area contributed by atoms with Crippen LogP contribution in [0.3, 0.4) is 0 Å². The van der Waals surface area contributed by atoms with Crippen LogP contribution >= 0.6 is 0 Å². The predicted molar refractivity (Wildman–Crippen MR) is 93.7 cm³/mol. The number of nitrogens with zero attached hydrogens (tertiary/aromatic N) is 1. The molecule has 0 aliphatic carbocycles. The lowest BCUT2D eigenvalue weighted by Crippen LogP contribution is -2.42. The molecule has 1 aromatic carbocycles. The maximum atomic E-state index is 12.3. The molecule has 0 saturated carbocycles. The average molecular weight is 349 g/mol. The Hall–Kier alpha value is -2.24. The van der Waals surface area contributed by atoms with E-state index >= 15 is 0 Å². The summed E-state index contributed by atoms with van der Waals surface area (Å²) in [6.45, 7) is 6.90. The zero-order valence-corrected chi connectivity index (χ0v) is 15.4. The third-order valence-corrected chi connectivity index (χ3v) is 4.01. The fourth-order valence-electron chi connectivity index (χ4n) is 2.78. The lowest BCUT2D eigenvalue weighted by molar-refractivity contribution is -0.142. The van der Waals surface area contributed by atoms with Crippen LogP contribution in [0.15, 0.2) is 24.3 Å². The van der Waals surface area contributed by atoms with Crippen molar-refractivity contribution >= 4 is 12.1 Å². The van der Waals surface area contributed by atoms with Crippen molar-refractivity contribution in [2.45, 2.75) is 45.1 Å². The van der Waals surface area contributed by atoms with Crippen molar-refractivity contribution in [3.8, 4) is 5.75 Å². The highest BCUT2D eigenvalue weighted by Gasteiger charge is 2.28. The highest BCUT2D eigenvalue weighted by Crippen LogP contribution is 2.29. The molecule has 25 heavy (non-hydrogen) atoms. The number of benzene rings is 1. The van der Waals surface area contributed by atoms with Gasteiger partial charge in [-0.2, -0.15) is 0 Å². The first-order valence-electron chi connectivity index (χ1n) is 8.56. The Morgan fingerprint density at radius 1 is 1.20 bits per heavy atom. The summed E-state index contributed by atoms with van der Waals surface area (Å²) in [5.74, 6) is 0.481. The van der Waals surface area contributed by atoms with Gasteiger partial charge in [0.25, 0.3) is 0 Å². The average Bonchev–Trinajstić information content (AvgIpc) is 2.58. The number of methoxy groups -OCH3 is 1. The minimum atomic E-state index is -0.483. The molecule has 0 bridgehead atoms. The van der Waals surface area contributed by atoms with E-state index in [-0.39, 0.29) is 18.6 Å². The van der Waals surface area contributed by atoms with Gasteiger partial charge in [0, 0.05) is 19.0 Å². The molecule has 1 fully saturated rings. The molecule has 1 aromatic rings. The van der Waals surface area contributed by atoms with E-state index in [2.05, 4.69) is 4.74 Å². The smallest absolute Gasteiger partial charge is 0.410 e. The summed E-state index contributed by atoms with van der Waals surface area (Å²) in [6, 6.07) is 7.64. The highest BCUT2D eigenvalue weighted by atomic mass is 16.6. The van der Waals surface area contributed by atoms with E-state index in [0.29, 0.717) is 12.3 Å². The SMILES string of the molecule is COC(=O)COc1ccc(C2CCCN(C(=O)OC(C)(C)C)C2)cc1. The predicted octanol–water partition coefficient (Wildman–Crippen LogP) is 3.35. The van der Waals surface area contributed by atoms with Crippen molar-refractivity contribution in [2.75, 3.05) is 26.8 Å². The Labute approximate surface area is 149 Å². The van der Waals surface area contributed by atoms with Gasteiger partial charge in [-0.3, -0.25) is 0 Å². The number of hydrogen-bond acceptors (Lipinski definition) is 5. The summed E-state index contributed by atoms with van der Waals surface area (Å²) in [5, 5.41) is 0. The first-order valence-corrected chi connectivity index (χ1v) is 8.56. The van der Waals surface area contributed by atoms with Crippen LogP contribution in [0.4, 0.5) is 4.79 Å². The highest BCUT2D eigenvalue weighted by molar-refractivity contribution is 5.70. The zero-order valence-electron chi connectivity index (χ0n) is 15.4. The molecule has 1 saturated heterocycles. The Balaban J connectivity index is 1.94. The molecule has 138 valence electrons. The summed E-state index contributed by atoms with van der Waals surface area (Å²) in [4.78, 5) is 25.1. The molecular formula is C19H27NO5. The molecule has 0 radical (unpaired) electrons.